The monoisotopic (exact) mass is 688 g/mol. The van der Waals surface area contributed by atoms with Crippen LogP contribution >= 0.6 is 11.3 Å². The average Bonchev–Trinajstić information content (AvgIpc) is 3.76. The van der Waals surface area contributed by atoms with Crippen molar-refractivity contribution >= 4 is 39.1 Å². The van der Waals surface area contributed by atoms with Crippen LogP contribution in [0.4, 0.5) is 0 Å². The molecule has 0 bridgehead atoms. The van der Waals surface area contributed by atoms with E-state index in [0.29, 0.717) is 11.8 Å². The zero-order chi connectivity index (χ0) is 34.8. The van der Waals surface area contributed by atoms with E-state index in [1.165, 1.54) is 81.7 Å². The first-order valence-corrected chi connectivity index (χ1v) is 20.1. The first kappa shape index (κ1) is 31.7. The molecule has 0 saturated carbocycles. The zero-order valence-electron chi connectivity index (χ0n) is 30.2. The predicted octanol–water partition coefficient (Wildman–Crippen LogP) is 13.8. The summed E-state index contributed by atoms with van der Waals surface area (Å²) < 4.78 is 1.49. The molecule has 1 aromatic heterocycles. The van der Waals surface area contributed by atoms with Crippen LogP contribution in [0.2, 0.25) is 0 Å². The van der Waals surface area contributed by atoms with E-state index in [4.69, 9.17) is 0 Å². The predicted molar refractivity (Wildman–Crippen MR) is 223 cm³/mol. The number of allylic oxidation sites excluding steroid dienone is 6. The largest absolute Gasteiger partial charge is 0.134 e. The maximum Gasteiger partial charge on any atom is 0.0433 e. The van der Waals surface area contributed by atoms with Gasteiger partial charge in [-0.25, -0.2) is 0 Å². The van der Waals surface area contributed by atoms with Gasteiger partial charge in [-0.2, -0.15) is 0 Å². The summed E-state index contributed by atoms with van der Waals surface area (Å²) in [5.74, 6) is 1.05. The minimum absolute atomic E-state index is 0.286. The van der Waals surface area contributed by atoms with Gasteiger partial charge in [-0.1, -0.05) is 147 Å². The first-order chi connectivity index (χ1) is 25.6. The molecule has 4 aliphatic carbocycles. The lowest BCUT2D eigenvalue weighted by Gasteiger charge is -2.25. The minimum atomic E-state index is 0.286. The fraction of sp³-hybridized carbons (Fsp3) is 0.216. The smallest absolute Gasteiger partial charge is 0.0433 e. The molecule has 0 amide bonds. The van der Waals surface area contributed by atoms with E-state index >= 15 is 0 Å². The highest BCUT2D eigenvalue weighted by atomic mass is 32.1. The normalized spacial score (nSPS) is 18.0. The number of hydrogen-bond donors (Lipinski definition) is 0. The highest BCUT2D eigenvalue weighted by Gasteiger charge is 2.31. The van der Waals surface area contributed by atoms with Crippen molar-refractivity contribution in [2.45, 2.75) is 70.1 Å². The van der Waals surface area contributed by atoms with E-state index in [2.05, 4.69) is 165 Å². The molecule has 1 heterocycles. The zero-order valence-corrected chi connectivity index (χ0v) is 31.0. The van der Waals surface area contributed by atoms with E-state index in [1.807, 2.05) is 0 Å². The lowest BCUT2D eigenvalue weighted by atomic mass is 9.79. The Bertz CT molecular complexity index is 2430. The molecule has 0 spiro atoms. The summed E-state index contributed by atoms with van der Waals surface area (Å²) in [6.07, 6.45) is 21.5. The summed E-state index contributed by atoms with van der Waals surface area (Å²) in [5.41, 5.74) is 20.5. The third kappa shape index (κ3) is 5.16. The number of fused-ring (bicyclic) bond motifs is 9. The number of hydrogen-bond acceptors (Lipinski definition) is 1. The van der Waals surface area contributed by atoms with Crippen molar-refractivity contribution in [3.8, 4) is 11.1 Å². The number of benzene rings is 5. The van der Waals surface area contributed by atoms with Gasteiger partial charge in [0.2, 0.25) is 0 Å². The molecule has 0 saturated heterocycles. The second kappa shape index (κ2) is 12.9. The Morgan fingerprint density at radius 2 is 1.35 bits per heavy atom. The van der Waals surface area contributed by atoms with Gasteiger partial charge in [-0.3, -0.25) is 0 Å². The molecule has 0 radical (unpaired) electrons. The van der Waals surface area contributed by atoms with Crippen LogP contribution in [0.5, 0.6) is 0 Å². The molecule has 6 aromatic rings. The van der Waals surface area contributed by atoms with Crippen LogP contribution in [0.1, 0.15) is 111 Å². The maximum absolute atomic E-state index is 2.62. The Labute approximate surface area is 312 Å². The average molecular weight is 689 g/mol. The van der Waals surface area contributed by atoms with Crippen LogP contribution in [0.15, 0.2) is 133 Å². The Hall–Kier alpha value is -4.98. The molecule has 0 nitrogen and oxygen atoms in total. The van der Waals surface area contributed by atoms with Crippen LogP contribution in [-0.2, 0) is 19.3 Å². The molecule has 5 aromatic carbocycles. The summed E-state index contributed by atoms with van der Waals surface area (Å²) in [6, 6.07) is 38.8. The molecule has 2 unspecified atom stereocenters. The van der Waals surface area contributed by atoms with E-state index in [0.717, 1.165) is 38.5 Å². The summed E-state index contributed by atoms with van der Waals surface area (Å²) in [6.45, 7) is 4.78. The summed E-state index contributed by atoms with van der Waals surface area (Å²) in [5, 5.41) is 1.50. The van der Waals surface area contributed by atoms with Crippen molar-refractivity contribution in [3.63, 3.8) is 0 Å². The van der Waals surface area contributed by atoms with Gasteiger partial charge < -0.3 is 0 Å². The third-order valence-electron chi connectivity index (χ3n) is 12.4. The van der Waals surface area contributed by atoms with Crippen LogP contribution < -0.4 is 0 Å². The van der Waals surface area contributed by atoms with Crippen LogP contribution in [-0.4, -0.2) is 0 Å². The Balaban J connectivity index is 1.06. The minimum Gasteiger partial charge on any atom is -0.134 e. The van der Waals surface area contributed by atoms with Crippen molar-refractivity contribution in [1.82, 2.24) is 0 Å². The van der Waals surface area contributed by atoms with Crippen LogP contribution in [0.3, 0.4) is 0 Å². The van der Waals surface area contributed by atoms with Crippen LogP contribution in [0.25, 0.3) is 38.9 Å². The maximum atomic E-state index is 2.62. The Morgan fingerprint density at radius 1 is 0.712 bits per heavy atom. The fourth-order valence-electron chi connectivity index (χ4n) is 9.74. The van der Waals surface area contributed by atoms with E-state index in [-0.39, 0.29) is 5.92 Å². The third-order valence-corrected chi connectivity index (χ3v) is 13.7. The van der Waals surface area contributed by atoms with Gasteiger partial charge in [0.1, 0.15) is 0 Å². The molecule has 2 atom stereocenters. The van der Waals surface area contributed by atoms with Crippen molar-refractivity contribution in [1.29, 1.82) is 0 Å². The molecular weight excluding hydrogens is 645 g/mol. The molecular formula is C51H44S. The first-order valence-electron chi connectivity index (χ1n) is 19.3. The van der Waals surface area contributed by atoms with Crippen LogP contribution in [0, 0.1) is 0 Å². The molecule has 52 heavy (non-hydrogen) atoms. The van der Waals surface area contributed by atoms with E-state index in [1.54, 1.807) is 11.1 Å². The number of thiophene rings is 1. The fourth-order valence-corrected chi connectivity index (χ4v) is 11.3. The SMILES string of the molecule is CC1=CCC(c2ccc(CC3c4ccccc4-c4ccccc43)cc2)C=C1c1sc2c3c(c4c(c2c1C(C)c1ccccc1)C=CCC4)CCC=C3. The summed E-state index contributed by atoms with van der Waals surface area (Å²) in [7, 11) is 0. The van der Waals surface area contributed by atoms with Gasteiger partial charge in [0.25, 0.3) is 0 Å². The van der Waals surface area contributed by atoms with Gasteiger partial charge in [0.05, 0.1) is 0 Å². The number of rotatable bonds is 6. The Kier molecular flexibility index (Phi) is 7.87. The van der Waals surface area contributed by atoms with Crippen molar-refractivity contribution < 1.29 is 0 Å². The van der Waals surface area contributed by atoms with Gasteiger partial charge >= 0.3 is 0 Å². The molecule has 254 valence electrons. The second-order valence-corrected chi connectivity index (χ2v) is 16.4. The lowest BCUT2D eigenvalue weighted by molar-refractivity contribution is 0.819. The van der Waals surface area contributed by atoms with Gasteiger partial charge in [0, 0.05) is 32.7 Å². The molecule has 10 rings (SSSR count). The quantitative estimate of drug-likeness (QED) is 0.163. The van der Waals surface area contributed by atoms with E-state index < -0.39 is 0 Å². The van der Waals surface area contributed by atoms with Crippen molar-refractivity contribution in [2.75, 3.05) is 0 Å². The summed E-state index contributed by atoms with van der Waals surface area (Å²) in [4.78, 5) is 1.47. The molecule has 1 heteroatoms. The van der Waals surface area contributed by atoms with Gasteiger partial charge in [-0.15, -0.1) is 11.3 Å². The van der Waals surface area contributed by atoms with E-state index in [9.17, 15) is 0 Å². The van der Waals surface area contributed by atoms with Crippen molar-refractivity contribution in [3.05, 3.63) is 194 Å². The molecule has 0 N–H and O–H groups in total. The van der Waals surface area contributed by atoms with Crippen molar-refractivity contribution in [2.24, 2.45) is 0 Å². The summed E-state index contributed by atoms with van der Waals surface area (Å²) >= 11 is 2.06. The van der Waals surface area contributed by atoms with Gasteiger partial charge in [-0.05, 0) is 123 Å². The molecule has 0 aliphatic heterocycles. The lowest BCUT2D eigenvalue weighted by Crippen LogP contribution is -2.08. The topological polar surface area (TPSA) is 0 Å². The van der Waals surface area contributed by atoms with Gasteiger partial charge in [0.15, 0.2) is 0 Å². The Morgan fingerprint density at radius 3 is 2.06 bits per heavy atom. The highest BCUT2D eigenvalue weighted by Crippen LogP contribution is 2.52. The molecule has 4 aliphatic rings. The highest BCUT2D eigenvalue weighted by molar-refractivity contribution is 7.20. The second-order valence-electron chi connectivity index (χ2n) is 15.3. The molecule has 0 fully saturated rings. The standard InChI is InChI=1S/C51H44S/c1-32-24-27-37(36-28-25-34(26-29-36)30-47-42-20-8-6-16-38(42)39-17-7-9-21-43(39)47)31-46(32)51-48(33(2)35-14-4-3-5-15-35)49-44-22-12-10-18-40(44)41-19-11-13-23-45(41)50(49)52-51/h3-9,12-17,20-26,28-29,31,33,37,47H,10-11,18-19,27,30H2,1-2H3.